The Morgan fingerprint density at radius 1 is 1.21 bits per heavy atom. The SMILES string of the molecule is CC(C)(C)OC(=O)N1CCC2(CC1)C(=O)N(CC(F)(F)F)c1cc(O)cc(F)c12. The van der Waals surface area contributed by atoms with Crippen LogP contribution in [0.2, 0.25) is 0 Å². The van der Waals surface area contributed by atoms with Crippen LogP contribution in [0.4, 0.5) is 28.0 Å². The maximum atomic E-state index is 14.7. The van der Waals surface area contributed by atoms with E-state index >= 15 is 0 Å². The van der Waals surface area contributed by atoms with E-state index in [1.165, 1.54) is 4.90 Å². The lowest BCUT2D eigenvalue weighted by Gasteiger charge is -2.39. The van der Waals surface area contributed by atoms with Gasteiger partial charge in [0, 0.05) is 30.8 Å². The molecular weight excluding hydrogens is 396 g/mol. The van der Waals surface area contributed by atoms with Crippen molar-refractivity contribution in [3.05, 3.63) is 23.5 Å². The van der Waals surface area contributed by atoms with Gasteiger partial charge in [-0.05, 0) is 33.6 Å². The number of halogens is 4. The van der Waals surface area contributed by atoms with Gasteiger partial charge in [0.05, 0.1) is 11.1 Å². The van der Waals surface area contributed by atoms with Gasteiger partial charge < -0.3 is 19.6 Å². The zero-order chi connectivity index (χ0) is 21.8. The molecule has 2 aliphatic rings. The summed E-state index contributed by atoms with van der Waals surface area (Å²) in [6.45, 7) is 3.57. The first-order valence-electron chi connectivity index (χ1n) is 9.13. The zero-order valence-corrected chi connectivity index (χ0v) is 16.3. The molecule has 2 aliphatic heterocycles. The Labute approximate surface area is 165 Å². The molecule has 0 atom stereocenters. The summed E-state index contributed by atoms with van der Waals surface area (Å²) in [4.78, 5) is 27.1. The number of benzene rings is 1. The number of nitrogens with zero attached hydrogens (tertiary/aromatic N) is 2. The van der Waals surface area contributed by atoms with E-state index in [9.17, 15) is 32.3 Å². The molecule has 0 bridgehead atoms. The number of carbonyl (C=O) groups is 2. The van der Waals surface area contributed by atoms with Crippen LogP contribution in [0.15, 0.2) is 12.1 Å². The van der Waals surface area contributed by atoms with E-state index in [-0.39, 0.29) is 37.2 Å². The number of piperidine rings is 1. The molecule has 0 aliphatic carbocycles. The van der Waals surface area contributed by atoms with Crippen molar-refractivity contribution in [2.24, 2.45) is 0 Å². The first-order valence-corrected chi connectivity index (χ1v) is 9.13. The molecule has 1 fully saturated rings. The van der Waals surface area contributed by atoms with Crippen LogP contribution in [0.3, 0.4) is 0 Å². The average Bonchev–Trinajstić information content (AvgIpc) is 2.75. The van der Waals surface area contributed by atoms with E-state index in [1.54, 1.807) is 20.8 Å². The number of rotatable bonds is 1. The maximum Gasteiger partial charge on any atom is 0.410 e. The van der Waals surface area contributed by atoms with Gasteiger partial charge in [0.2, 0.25) is 5.91 Å². The number of hydrogen-bond donors (Lipinski definition) is 1. The van der Waals surface area contributed by atoms with Crippen LogP contribution >= 0.6 is 0 Å². The number of phenolic OH excluding ortho intramolecular Hbond substituents is 1. The van der Waals surface area contributed by atoms with E-state index in [2.05, 4.69) is 0 Å². The van der Waals surface area contributed by atoms with Crippen LogP contribution in [-0.2, 0) is 14.9 Å². The molecule has 10 heteroatoms. The number of phenols is 1. The second-order valence-electron chi connectivity index (χ2n) is 8.38. The Bertz CT molecular complexity index is 840. The summed E-state index contributed by atoms with van der Waals surface area (Å²) in [6, 6.07) is 1.75. The molecule has 0 unspecified atom stereocenters. The molecule has 0 aromatic heterocycles. The molecule has 29 heavy (non-hydrogen) atoms. The summed E-state index contributed by atoms with van der Waals surface area (Å²) in [7, 11) is 0. The Morgan fingerprint density at radius 3 is 2.31 bits per heavy atom. The van der Waals surface area contributed by atoms with E-state index in [1.807, 2.05) is 0 Å². The van der Waals surface area contributed by atoms with Crippen molar-refractivity contribution in [2.75, 3.05) is 24.5 Å². The lowest BCUT2D eigenvalue weighted by Crippen LogP contribution is -2.52. The molecule has 1 aromatic rings. The van der Waals surface area contributed by atoms with Gasteiger partial charge in [0.25, 0.3) is 0 Å². The first-order chi connectivity index (χ1) is 13.2. The van der Waals surface area contributed by atoms with Gasteiger partial charge in [-0.15, -0.1) is 0 Å². The number of carbonyl (C=O) groups excluding carboxylic acids is 2. The molecule has 0 radical (unpaired) electrons. The smallest absolute Gasteiger partial charge is 0.410 e. The number of likely N-dealkylation sites (tertiary alicyclic amines) is 1. The second-order valence-corrected chi connectivity index (χ2v) is 8.38. The minimum absolute atomic E-state index is 0.0280. The Morgan fingerprint density at radius 2 is 1.79 bits per heavy atom. The maximum absolute atomic E-state index is 14.7. The molecule has 2 heterocycles. The van der Waals surface area contributed by atoms with Crippen LogP contribution in [0, 0.1) is 5.82 Å². The molecule has 6 nitrogen and oxygen atoms in total. The summed E-state index contributed by atoms with van der Waals surface area (Å²) in [5, 5.41) is 9.66. The molecule has 0 saturated carbocycles. The summed E-state index contributed by atoms with van der Waals surface area (Å²) < 4.78 is 59.1. The first kappa shape index (κ1) is 21.2. The number of fused-ring (bicyclic) bond motifs is 2. The van der Waals surface area contributed by atoms with Crippen LogP contribution in [0.5, 0.6) is 5.75 Å². The standard InChI is InChI=1S/C19H22F4N2O4/c1-17(2,3)29-16(28)24-6-4-18(5-7-24)14-12(20)8-11(26)9-13(14)25(15(18)27)10-19(21,22)23/h8-9,26H,4-7,10H2,1-3H3. The van der Waals surface area contributed by atoms with E-state index in [0.717, 1.165) is 12.1 Å². The number of ether oxygens (including phenoxy) is 1. The average molecular weight is 418 g/mol. The quantitative estimate of drug-likeness (QED) is 0.706. The highest BCUT2D eigenvalue weighted by Crippen LogP contribution is 2.51. The highest BCUT2D eigenvalue weighted by molar-refractivity contribution is 6.08. The minimum atomic E-state index is -4.70. The zero-order valence-electron chi connectivity index (χ0n) is 16.3. The van der Waals surface area contributed by atoms with Crippen molar-refractivity contribution in [1.82, 2.24) is 4.90 Å². The fourth-order valence-corrected chi connectivity index (χ4v) is 3.94. The minimum Gasteiger partial charge on any atom is -0.508 e. The number of hydrogen-bond acceptors (Lipinski definition) is 4. The van der Waals surface area contributed by atoms with Crippen molar-refractivity contribution in [3.8, 4) is 5.75 Å². The van der Waals surface area contributed by atoms with Crippen LogP contribution in [-0.4, -0.2) is 53.4 Å². The number of alkyl halides is 3. The fourth-order valence-electron chi connectivity index (χ4n) is 3.94. The third-order valence-corrected chi connectivity index (χ3v) is 5.08. The molecule has 2 amide bonds. The van der Waals surface area contributed by atoms with Gasteiger partial charge in [0.15, 0.2) is 0 Å². The predicted molar refractivity (Wildman–Crippen MR) is 95.2 cm³/mol. The summed E-state index contributed by atoms with van der Waals surface area (Å²) >= 11 is 0. The number of amides is 2. The Kier molecular flexibility index (Phi) is 4.95. The monoisotopic (exact) mass is 418 g/mol. The largest absolute Gasteiger partial charge is 0.508 e. The van der Waals surface area contributed by atoms with E-state index in [4.69, 9.17) is 4.74 Å². The van der Waals surface area contributed by atoms with Crippen molar-refractivity contribution in [3.63, 3.8) is 0 Å². The fraction of sp³-hybridized carbons (Fsp3) is 0.579. The van der Waals surface area contributed by atoms with Crippen LogP contribution in [0.25, 0.3) is 0 Å². The summed E-state index contributed by atoms with van der Waals surface area (Å²) in [5.74, 6) is -2.38. The van der Waals surface area contributed by atoms with Crippen LogP contribution < -0.4 is 4.90 Å². The lowest BCUT2D eigenvalue weighted by molar-refractivity contribution is -0.135. The summed E-state index contributed by atoms with van der Waals surface area (Å²) in [5.41, 5.74) is -2.68. The Balaban J connectivity index is 1.93. The van der Waals surface area contributed by atoms with Crippen molar-refractivity contribution < 1.29 is 37.0 Å². The normalized spacial score (nSPS) is 18.9. The van der Waals surface area contributed by atoms with Gasteiger partial charge in [0.1, 0.15) is 23.7 Å². The summed E-state index contributed by atoms with van der Waals surface area (Å²) in [6.07, 6.45) is -5.39. The third kappa shape index (κ3) is 3.97. The Hall–Kier alpha value is -2.52. The van der Waals surface area contributed by atoms with Crippen molar-refractivity contribution in [1.29, 1.82) is 0 Å². The van der Waals surface area contributed by atoms with Crippen molar-refractivity contribution in [2.45, 2.75) is 50.8 Å². The molecule has 1 spiro atoms. The molecule has 3 rings (SSSR count). The molecular formula is C19H22F4N2O4. The topological polar surface area (TPSA) is 70.1 Å². The van der Waals surface area contributed by atoms with Crippen molar-refractivity contribution >= 4 is 17.7 Å². The second kappa shape index (κ2) is 6.77. The number of aromatic hydroxyl groups is 1. The van der Waals surface area contributed by atoms with Gasteiger partial charge in [-0.2, -0.15) is 13.2 Å². The highest BCUT2D eigenvalue weighted by atomic mass is 19.4. The third-order valence-electron chi connectivity index (χ3n) is 5.08. The number of anilines is 1. The molecule has 1 aromatic carbocycles. The van der Waals surface area contributed by atoms with Crippen LogP contribution in [0.1, 0.15) is 39.2 Å². The molecule has 160 valence electrons. The molecule has 1 saturated heterocycles. The van der Waals surface area contributed by atoms with Gasteiger partial charge in [-0.3, -0.25) is 4.79 Å². The van der Waals surface area contributed by atoms with E-state index < -0.39 is 47.3 Å². The molecule has 1 N–H and O–H groups in total. The van der Waals surface area contributed by atoms with E-state index in [0.29, 0.717) is 4.90 Å². The predicted octanol–water partition coefficient (Wildman–Crippen LogP) is 3.71. The van der Waals surface area contributed by atoms with Gasteiger partial charge in [-0.25, -0.2) is 9.18 Å². The lowest BCUT2D eigenvalue weighted by atomic mass is 9.73. The van der Waals surface area contributed by atoms with Gasteiger partial charge in [-0.1, -0.05) is 0 Å². The highest BCUT2D eigenvalue weighted by Gasteiger charge is 2.56. The van der Waals surface area contributed by atoms with Gasteiger partial charge >= 0.3 is 12.3 Å².